The van der Waals surface area contributed by atoms with Crippen molar-refractivity contribution in [2.75, 3.05) is 25.3 Å². The van der Waals surface area contributed by atoms with Gasteiger partial charge in [-0.15, -0.1) is 0 Å². The Bertz CT molecular complexity index is 784. The Hall–Kier alpha value is -3.03. The Balaban J connectivity index is 1.84. The predicted octanol–water partition coefficient (Wildman–Crippen LogP) is 2.11. The molecule has 1 aliphatic carbocycles. The van der Waals surface area contributed by atoms with Crippen molar-refractivity contribution >= 4 is 17.4 Å². The molecule has 3 N–H and O–H groups in total. The van der Waals surface area contributed by atoms with Crippen molar-refractivity contribution in [2.45, 2.75) is 18.8 Å². The van der Waals surface area contributed by atoms with Crippen LogP contribution in [0, 0.1) is 0 Å². The topological polar surface area (TPSA) is 112 Å². The molecule has 8 nitrogen and oxygen atoms in total. The fraction of sp³-hybridized carbons (Fsp3) is 0.312. The van der Waals surface area contributed by atoms with Crippen LogP contribution in [0.25, 0.3) is 0 Å². The maximum atomic E-state index is 12.1. The Morgan fingerprint density at radius 1 is 1.25 bits per heavy atom. The number of aromatic nitrogens is 2. The van der Waals surface area contributed by atoms with Gasteiger partial charge in [-0.25, -0.2) is 4.63 Å². The normalized spacial score (nSPS) is 17.3. The second kappa shape index (κ2) is 6.61. The lowest BCUT2D eigenvalue weighted by Crippen LogP contribution is -2.17. The van der Waals surface area contributed by atoms with Gasteiger partial charge < -0.3 is 20.5 Å². The first kappa shape index (κ1) is 15.9. The first-order valence-corrected chi connectivity index (χ1v) is 7.41. The average Bonchev–Trinajstić information content (AvgIpc) is 2.98. The van der Waals surface area contributed by atoms with Crippen LogP contribution in [0.3, 0.4) is 0 Å². The lowest BCUT2D eigenvalue weighted by atomic mass is 9.85. The first-order chi connectivity index (χ1) is 11.6. The van der Waals surface area contributed by atoms with E-state index in [-0.39, 0.29) is 17.5 Å². The zero-order valence-corrected chi connectivity index (χ0v) is 13.4. The second-order valence-electron chi connectivity index (χ2n) is 5.47. The highest BCUT2D eigenvalue weighted by molar-refractivity contribution is 5.92. The minimum Gasteiger partial charge on any atom is -0.497 e. The van der Waals surface area contributed by atoms with Crippen molar-refractivity contribution < 1.29 is 18.9 Å². The molecule has 24 heavy (non-hydrogen) atoms. The summed E-state index contributed by atoms with van der Waals surface area (Å²) in [6, 6.07) is 5.59. The SMILES string of the molecule is COc1ccc(C2CC(=O)C=C(Nc3nonc3N)C2)c(OC)c1. The maximum Gasteiger partial charge on any atom is 0.219 e. The average molecular weight is 330 g/mol. The molecule has 0 saturated carbocycles. The van der Waals surface area contributed by atoms with Crippen molar-refractivity contribution in [1.82, 2.24) is 10.3 Å². The van der Waals surface area contributed by atoms with Gasteiger partial charge in [-0.1, -0.05) is 6.07 Å². The van der Waals surface area contributed by atoms with Crippen LogP contribution < -0.4 is 20.5 Å². The molecule has 1 heterocycles. The van der Waals surface area contributed by atoms with Gasteiger partial charge in [0.15, 0.2) is 5.78 Å². The molecule has 1 unspecified atom stereocenters. The van der Waals surface area contributed by atoms with Gasteiger partial charge in [-0.2, -0.15) is 0 Å². The summed E-state index contributed by atoms with van der Waals surface area (Å²) in [5.74, 6) is 1.83. The minimum atomic E-state index is -0.0214. The summed E-state index contributed by atoms with van der Waals surface area (Å²) >= 11 is 0. The van der Waals surface area contributed by atoms with E-state index in [2.05, 4.69) is 20.3 Å². The first-order valence-electron chi connectivity index (χ1n) is 7.41. The standard InChI is InChI=1S/C16H18N4O4/c1-22-12-3-4-13(14(8-12)23-2)9-5-10(7-11(21)6-9)18-16-15(17)19-24-20-16/h3-4,7-9H,5-6H2,1-2H3,(H2,17,19)(H,18,20). The molecule has 0 amide bonds. The fourth-order valence-corrected chi connectivity index (χ4v) is 2.79. The van der Waals surface area contributed by atoms with Gasteiger partial charge in [-0.05, 0) is 28.4 Å². The Kier molecular flexibility index (Phi) is 4.37. The highest BCUT2D eigenvalue weighted by Gasteiger charge is 2.26. The van der Waals surface area contributed by atoms with Gasteiger partial charge in [0.1, 0.15) is 11.5 Å². The third-order valence-corrected chi connectivity index (χ3v) is 3.92. The highest BCUT2D eigenvalue weighted by atomic mass is 16.6. The molecular weight excluding hydrogens is 312 g/mol. The molecule has 1 aliphatic rings. The zero-order chi connectivity index (χ0) is 17.1. The number of hydrogen-bond donors (Lipinski definition) is 2. The number of methoxy groups -OCH3 is 2. The van der Waals surface area contributed by atoms with Crippen LogP contribution in [0.15, 0.2) is 34.6 Å². The molecule has 1 aromatic carbocycles. The van der Waals surface area contributed by atoms with E-state index < -0.39 is 0 Å². The molecular formula is C16H18N4O4. The van der Waals surface area contributed by atoms with E-state index in [1.54, 1.807) is 20.3 Å². The number of hydrogen-bond acceptors (Lipinski definition) is 8. The van der Waals surface area contributed by atoms with E-state index >= 15 is 0 Å². The van der Waals surface area contributed by atoms with Crippen molar-refractivity contribution in [3.05, 3.63) is 35.5 Å². The van der Waals surface area contributed by atoms with Crippen LogP contribution in [-0.4, -0.2) is 30.3 Å². The molecule has 0 aliphatic heterocycles. The van der Waals surface area contributed by atoms with Crippen LogP contribution in [0.4, 0.5) is 11.6 Å². The maximum absolute atomic E-state index is 12.1. The van der Waals surface area contributed by atoms with Crippen molar-refractivity contribution in [1.29, 1.82) is 0 Å². The number of nitrogens with two attached hydrogens (primary N) is 1. The van der Waals surface area contributed by atoms with Gasteiger partial charge in [0.2, 0.25) is 11.6 Å². The van der Waals surface area contributed by atoms with E-state index in [4.69, 9.17) is 15.2 Å². The van der Waals surface area contributed by atoms with Gasteiger partial charge in [0.25, 0.3) is 0 Å². The van der Waals surface area contributed by atoms with Crippen molar-refractivity contribution in [3.8, 4) is 11.5 Å². The van der Waals surface area contributed by atoms with Crippen molar-refractivity contribution in [3.63, 3.8) is 0 Å². The summed E-state index contributed by atoms with van der Waals surface area (Å²) in [6.07, 6.45) is 2.57. The summed E-state index contributed by atoms with van der Waals surface area (Å²) in [7, 11) is 3.19. The van der Waals surface area contributed by atoms with Gasteiger partial charge >= 0.3 is 0 Å². The molecule has 0 spiro atoms. The van der Waals surface area contributed by atoms with Crippen molar-refractivity contribution in [2.24, 2.45) is 0 Å². The molecule has 1 atom stereocenters. The smallest absolute Gasteiger partial charge is 0.219 e. The van der Waals surface area contributed by atoms with Gasteiger partial charge in [-0.3, -0.25) is 4.79 Å². The minimum absolute atomic E-state index is 0.0154. The Morgan fingerprint density at radius 3 is 2.75 bits per heavy atom. The van der Waals surface area contributed by atoms with Crippen LogP contribution in [0.1, 0.15) is 24.3 Å². The van der Waals surface area contributed by atoms with E-state index in [1.165, 1.54) is 0 Å². The summed E-state index contributed by atoms with van der Waals surface area (Å²) in [4.78, 5) is 12.1. The fourth-order valence-electron chi connectivity index (χ4n) is 2.79. The number of nitrogens with one attached hydrogen (secondary N) is 1. The number of nitrogen functional groups attached to an aromatic ring is 1. The number of carbonyl (C=O) groups is 1. The summed E-state index contributed by atoms with van der Waals surface area (Å²) in [5.41, 5.74) is 7.29. The van der Waals surface area contributed by atoms with Gasteiger partial charge in [0, 0.05) is 30.2 Å². The molecule has 8 heteroatoms. The lowest BCUT2D eigenvalue weighted by molar-refractivity contribution is -0.115. The molecule has 1 aromatic heterocycles. The Morgan fingerprint density at radius 2 is 2.08 bits per heavy atom. The number of benzene rings is 1. The molecule has 0 saturated heterocycles. The third-order valence-electron chi connectivity index (χ3n) is 3.92. The molecule has 3 rings (SSSR count). The largest absolute Gasteiger partial charge is 0.497 e. The number of rotatable bonds is 5. The van der Waals surface area contributed by atoms with Gasteiger partial charge in [0.05, 0.1) is 14.2 Å². The van der Waals surface area contributed by atoms with Crippen LogP contribution in [0.5, 0.6) is 11.5 Å². The molecule has 0 bridgehead atoms. The van der Waals surface area contributed by atoms with E-state index in [9.17, 15) is 4.79 Å². The number of nitrogens with zero attached hydrogens (tertiary/aromatic N) is 2. The number of carbonyl (C=O) groups excluding carboxylic acids is 1. The summed E-state index contributed by atoms with van der Waals surface area (Å²) in [6.45, 7) is 0. The number of ether oxygens (including phenoxy) is 2. The molecule has 0 radical (unpaired) electrons. The summed E-state index contributed by atoms with van der Waals surface area (Å²) in [5, 5.41) is 10.2. The van der Waals surface area contributed by atoms with Crippen LogP contribution in [0.2, 0.25) is 0 Å². The van der Waals surface area contributed by atoms with E-state index in [1.807, 2.05) is 18.2 Å². The molecule has 126 valence electrons. The van der Waals surface area contributed by atoms with Crippen LogP contribution in [-0.2, 0) is 4.79 Å². The highest BCUT2D eigenvalue weighted by Crippen LogP contribution is 2.38. The van der Waals surface area contributed by atoms with E-state index in [0.717, 1.165) is 5.56 Å². The second-order valence-corrected chi connectivity index (χ2v) is 5.47. The third kappa shape index (κ3) is 3.17. The van der Waals surface area contributed by atoms with Crippen LogP contribution >= 0.6 is 0 Å². The van der Waals surface area contributed by atoms with E-state index in [0.29, 0.717) is 35.9 Å². The lowest BCUT2D eigenvalue weighted by Gasteiger charge is -2.24. The molecule has 2 aromatic rings. The number of allylic oxidation sites excluding steroid dienone is 2. The zero-order valence-electron chi connectivity index (χ0n) is 13.4. The summed E-state index contributed by atoms with van der Waals surface area (Å²) < 4.78 is 15.2. The predicted molar refractivity (Wildman–Crippen MR) is 86.9 cm³/mol. The number of ketones is 1. The number of anilines is 2. The quantitative estimate of drug-likeness (QED) is 0.857. The monoisotopic (exact) mass is 330 g/mol. The molecule has 0 fully saturated rings. The Labute approximate surface area is 138 Å².